The Balaban J connectivity index is 1.82. The fourth-order valence-corrected chi connectivity index (χ4v) is 2.56. The summed E-state index contributed by atoms with van der Waals surface area (Å²) < 4.78 is 5.12. The highest BCUT2D eigenvalue weighted by molar-refractivity contribution is 6.25. The Morgan fingerprint density at radius 2 is 1.87 bits per heavy atom. The fourth-order valence-electron chi connectivity index (χ4n) is 2.56. The zero-order chi connectivity index (χ0) is 16.8. The number of amides is 1. The van der Waals surface area contributed by atoms with Crippen LogP contribution in [0, 0.1) is 0 Å². The molecule has 0 aliphatic heterocycles. The van der Waals surface area contributed by atoms with Crippen molar-refractivity contribution in [2.75, 3.05) is 0 Å². The van der Waals surface area contributed by atoms with E-state index in [1.165, 1.54) is 6.08 Å². The molecule has 5 nitrogen and oxygen atoms in total. The lowest BCUT2D eigenvalue weighted by molar-refractivity contribution is 0.0539. The van der Waals surface area contributed by atoms with Crippen LogP contribution in [0.25, 0.3) is 0 Å². The first-order valence-electron chi connectivity index (χ1n) is 7.69. The Morgan fingerprint density at radius 1 is 1.17 bits per heavy atom. The fraction of sp³-hybridized carbons (Fsp3) is 0.389. The van der Waals surface area contributed by atoms with Crippen LogP contribution in [0.5, 0.6) is 0 Å². The monoisotopic (exact) mass is 313 g/mol. The number of alkyl carbamates (subject to hydrolysis) is 1. The lowest BCUT2D eigenvalue weighted by atomic mass is 9.90. The van der Waals surface area contributed by atoms with Gasteiger partial charge in [-0.1, -0.05) is 6.07 Å². The van der Waals surface area contributed by atoms with Crippen LogP contribution in [0.15, 0.2) is 30.0 Å². The van der Waals surface area contributed by atoms with Crippen LogP contribution in [-0.4, -0.2) is 23.3 Å². The minimum atomic E-state index is -0.747. The van der Waals surface area contributed by atoms with Gasteiger partial charge >= 0.3 is 6.09 Å². The van der Waals surface area contributed by atoms with Gasteiger partial charge in [0.25, 0.3) is 0 Å². The van der Waals surface area contributed by atoms with E-state index in [2.05, 4.69) is 5.32 Å². The number of Topliss-reactive ketones (excluding diaryl/α,β-unsaturated/α-hetero) is 1. The molecule has 1 fully saturated rings. The average Bonchev–Trinajstić information content (AvgIpc) is 3.26. The quantitative estimate of drug-likeness (QED) is 0.908. The lowest BCUT2D eigenvalue weighted by Gasteiger charge is -2.21. The number of hydrogen-bond acceptors (Lipinski definition) is 4. The van der Waals surface area contributed by atoms with Gasteiger partial charge in [-0.25, -0.2) is 4.79 Å². The predicted octanol–water partition coefficient (Wildman–Crippen LogP) is 3.35. The topological polar surface area (TPSA) is 72.5 Å². The Morgan fingerprint density at radius 3 is 2.48 bits per heavy atom. The summed E-state index contributed by atoms with van der Waals surface area (Å²) in [5.74, 6) is -0.130. The summed E-state index contributed by atoms with van der Waals surface area (Å²) in [6.07, 6.45) is 2.68. The average molecular weight is 313 g/mol. The van der Waals surface area contributed by atoms with E-state index < -0.39 is 11.7 Å². The SMILES string of the molecule is CC(C)(C)OC(=O)NC1=CC(=O)c2cc(C3CC3)ccc2C1=O. The molecular weight excluding hydrogens is 294 g/mol. The van der Waals surface area contributed by atoms with Crippen LogP contribution in [0.1, 0.15) is 65.8 Å². The molecule has 1 aromatic carbocycles. The van der Waals surface area contributed by atoms with E-state index in [9.17, 15) is 14.4 Å². The molecule has 0 aromatic heterocycles. The maximum Gasteiger partial charge on any atom is 0.412 e. The zero-order valence-corrected chi connectivity index (χ0v) is 13.4. The molecule has 0 heterocycles. The summed E-state index contributed by atoms with van der Waals surface area (Å²) in [5.41, 5.74) is 1.11. The molecule has 1 aromatic rings. The van der Waals surface area contributed by atoms with E-state index in [-0.39, 0.29) is 17.3 Å². The second-order valence-corrected chi connectivity index (χ2v) is 6.96. The van der Waals surface area contributed by atoms with Gasteiger partial charge in [-0.05, 0) is 57.2 Å². The highest BCUT2D eigenvalue weighted by atomic mass is 16.6. The molecule has 3 rings (SSSR count). The number of benzene rings is 1. The van der Waals surface area contributed by atoms with E-state index in [1.807, 2.05) is 6.07 Å². The van der Waals surface area contributed by atoms with Gasteiger partial charge in [-0.3, -0.25) is 14.9 Å². The molecule has 5 heteroatoms. The number of carbonyl (C=O) groups excluding carboxylic acids is 3. The standard InChI is InChI=1S/C18H19NO4/c1-18(2,3)23-17(22)19-14-9-15(20)13-8-11(10-4-5-10)6-7-12(13)16(14)21/h6-10H,4-5H2,1-3H3,(H,19,22). The van der Waals surface area contributed by atoms with E-state index in [1.54, 1.807) is 32.9 Å². The van der Waals surface area contributed by atoms with E-state index in [4.69, 9.17) is 4.74 Å². The lowest BCUT2D eigenvalue weighted by Crippen LogP contribution is -2.36. The predicted molar refractivity (Wildman–Crippen MR) is 84.5 cm³/mol. The number of nitrogens with one attached hydrogen (secondary N) is 1. The largest absolute Gasteiger partial charge is 0.444 e. The van der Waals surface area contributed by atoms with Gasteiger partial charge in [0.2, 0.25) is 5.78 Å². The minimum absolute atomic E-state index is 0.0454. The van der Waals surface area contributed by atoms with Gasteiger partial charge in [0, 0.05) is 17.2 Å². The number of fused-ring (bicyclic) bond motifs is 1. The molecule has 0 atom stereocenters. The third-order valence-electron chi connectivity index (χ3n) is 3.76. The highest BCUT2D eigenvalue weighted by Crippen LogP contribution is 2.41. The van der Waals surface area contributed by atoms with Crippen LogP contribution in [-0.2, 0) is 4.74 Å². The number of ketones is 2. The third-order valence-corrected chi connectivity index (χ3v) is 3.76. The molecule has 1 N–H and O–H groups in total. The summed E-state index contributed by atoms with van der Waals surface area (Å²) >= 11 is 0. The van der Waals surface area contributed by atoms with Crippen LogP contribution in [0.4, 0.5) is 4.79 Å². The summed E-state index contributed by atoms with van der Waals surface area (Å²) in [7, 11) is 0. The van der Waals surface area contributed by atoms with Crippen LogP contribution < -0.4 is 5.32 Å². The summed E-state index contributed by atoms with van der Waals surface area (Å²) in [6, 6.07) is 5.36. The van der Waals surface area contributed by atoms with Gasteiger partial charge in [0.1, 0.15) is 5.60 Å². The van der Waals surface area contributed by atoms with Crippen molar-refractivity contribution in [2.24, 2.45) is 0 Å². The first-order valence-corrected chi connectivity index (χ1v) is 7.69. The minimum Gasteiger partial charge on any atom is -0.444 e. The van der Waals surface area contributed by atoms with Crippen molar-refractivity contribution in [1.29, 1.82) is 0 Å². The van der Waals surface area contributed by atoms with Crippen molar-refractivity contribution >= 4 is 17.7 Å². The number of allylic oxidation sites excluding steroid dienone is 2. The first kappa shape index (κ1) is 15.5. The van der Waals surface area contributed by atoms with Gasteiger partial charge in [0.15, 0.2) is 5.78 Å². The van der Waals surface area contributed by atoms with Crippen LogP contribution in [0.2, 0.25) is 0 Å². The van der Waals surface area contributed by atoms with Crippen molar-refractivity contribution in [3.05, 3.63) is 46.7 Å². The molecule has 120 valence electrons. The molecule has 2 aliphatic carbocycles. The maximum atomic E-state index is 12.5. The molecule has 23 heavy (non-hydrogen) atoms. The van der Waals surface area contributed by atoms with Crippen molar-refractivity contribution in [2.45, 2.75) is 45.1 Å². The van der Waals surface area contributed by atoms with Crippen LogP contribution in [0.3, 0.4) is 0 Å². The van der Waals surface area contributed by atoms with E-state index in [0.29, 0.717) is 17.0 Å². The van der Waals surface area contributed by atoms with Crippen molar-refractivity contribution in [3.63, 3.8) is 0 Å². The normalized spacial score (nSPS) is 17.4. The molecule has 0 spiro atoms. The number of ether oxygens (including phenoxy) is 1. The number of rotatable bonds is 2. The van der Waals surface area contributed by atoms with Crippen molar-refractivity contribution in [1.82, 2.24) is 5.32 Å². The van der Waals surface area contributed by atoms with Crippen molar-refractivity contribution < 1.29 is 19.1 Å². The first-order chi connectivity index (χ1) is 10.7. The van der Waals surface area contributed by atoms with Crippen LogP contribution >= 0.6 is 0 Å². The summed E-state index contributed by atoms with van der Waals surface area (Å²) in [5, 5.41) is 2.38. The Kier molecular flexibility index (Phi) is 3.59. The van der Waals surface area contributed by atoms with Crippen molar-refractivity contribution in [3.8, 4) is 0 Å². The summed E-state index contributed by atoms with van der Waals surface area (Å²) in [6.45, 7) is 5.18. The molecule has 1 amide bonds. The smallest absolute Gasteiger partial charge is 0.412 e. The van der Waals surface area contributed by atoms with Gasteiger partial charge in [-0.15, -0.1) is 0 Å². The molecule has 2 aliphatic rings. The second-order valence-electron chi connectivity index (χ2n) is 6.96. The molecular formula is C18H19NO4. The highest BCUT2D eigenvalue weighted by Gasteiger charge is 2.30. The maximum absolute atomic E-state index is 12.5. The van der Waals surface area contributed by atoms with E-state index >= 15 is 0 Å². The zero-order valence-electron chi connectivity index (χ0n) is 13.4. The van der Waals surface area contributed by atoms with Gasteiger partial charge in [-0.2, -0.15) is 0 Å². The number of carbonyl (C=O) groups is 3. The second kappa shape index (κ2) is 5.33. The molecule has 0 bridgehead atoms. The van der Waals surface area contributed by atoms with E-state index in [0.717, 1.165) is 18.4 Å². The Bertz CT molecular complexity index is 736. The molecule has 0 unspecified atom stereocenters. The number of hydrogen-bond donors (Lipinski definition) is 1. The third kappa shape index (κ3) is 3.33. The Hall–Kier alpha value is -2.43. The Labute approximate surface area is 134 Å². The molecule has 0 radical (unpaired) electrons. The van der Waals surface area contributed by atoms with Gasteiger partial charge in [0.05, 0.1) is 5.70 Å². The van der Waals surface area contributed by atoms with Gasteiger partial charge < -0.3 is 4.74 Å². The summed E-state index contributed by atoms with van der Waals surface area (Å²) in [4.78, 5) is 36.6. The molecule has 1 saturated carbocycles. The molecule has 0 saturated heterocycles.